The van der Waals surface area contributed by atoms with E-state index in [-0.39, 0.29) is 42.7 Å². The fourth-order valence-electron chi connectivity index (χ4n) is 10.6. The summed E-state index contributed by atoms with van der Waals surface area (Å²) in [6, 6.07) is 74.7. The molecule has 0 radical (unpaired) electrons. The first-order valence-corrected chi connectivity index (χ1v) is 25.5. The first kappa shape index (κ1) is 50.3. The molecule has 3 heterocycles. The largest absolute Gasteiger partial charge is 0.509 e. The molecular weight excluding hydrogens is 1080 g/mol. The normalized spacial score (nSPS) is 13.1. The van der Waals surface area contributed by atoms with Crippen LogP contribution < -0.4 is 14.5 Å². The number of pyridine rings is 1. The van der Waals surface area contributed by atoms with Crippen LogP contribution in [-0.2, 0) is 42.7 Å². The van der Waals surface area contributed by atoms with Crippen molar-refractivity contribution in [3.63, 3.8) is 0 Å². The number of rotatable bonds is 10. The van der Waals surface area contributed by atoms with Crippen LogP contribution in [0.5, 0.6) is 11.5 Å². The number of benzene rings is 8. The van der Waals surface area contributed by atoms with E-state index in [0.29, 0.717) is 11.5 Å². The first-order chi connectivity index (χ1) is 34.9. The van der Waals surface area contributed by atoms with Crippen molar-refractivity contribution in [2.24, 2.45) is 0 Å². The van der Waals surface area contributed by atoms with E-state index in [9.17, 15) is 0 Å². The van der Waals surface area contributed by atoms with Crippen molar-refractivity contribution in [3.8, 4) is 28.4 Å². The molecule has 1 aliphatic rings. The molecule has 0 fully saturated rings. The molecule has 0 bridgehead atoms. The molecule has 0 saturated heterocycles. The summed E-state index contributed by atoms with van der Waals surface area (Å²) in [5.74, 6) is 2.01. The molecule has 0 spiro atoms. The van der Waals surface area contributed by atoms with Crippen LogP contribution in [0.2, 0.25) is 0 Å². The van der Waals surface area contributed by atoms with Crippen LogP contribution in [-0.4, -0.2) is 9.55 Å². The Balaban J connectivity index is 0.00000626. The molecule has 5 nitrogen and oxygen atoms in total. The van der Waals surface area contributed by atoms with Gasteiger partial charge < -0.3 is 19.1 Å². The van der Waals surface area contributed by atoms with Gasteiger partial charge in [0.2, 0.25) is 0 Å². The number of anilines is 4. The summed E-state index contributed by atoms with van der Waals surface area (Å²) in [7, 11) is 0. The van der Waals surface area contributed by atoms with Crippen molar-refractivity contribution >= 4 is 44.6 Å². The Labute approximate surface area is 452 Å². The van der Waals surface area contributed by atoms with Gasteiger partial charge in [-0.05, 0) is 103 Å². The third-order valence-corrected chi connectivity index (χ3v) is 15.0. The van der Waals surface area contributed by atoms with Crippen LogP contribution in [0.15, 0.2) is 194 Å². The van der Waals surface area contributed by atoms with Crippen LogP contribution in [0.4, 0.5) is 22.7 Å². The van der Waals surface area contributed by atoms with E-state index in [1.54, 1.807) is 0 Å². The van der Waals surface area contributed by atoms with Gasteiger partial charge in [-0.15, -0.1) is 48.1 Å². The average Bonchev–Trinajstić information content (AvgIpc) is 3.94. The molecular formula is C68H63N4OPt-3. The zero-order valence-electron chi connectivity index (χ0n) is 44.1. The maximum absolute atomic E-state index is 6.81. The van der Waals surface area contributed by atoms with Gasteiger partial charge in [0.05, 0.1) is 0 Å². The van der Waals surface area contributed by atoms with Gasteiger partial charge in [-0.2, -0.15) is 12.1 Å². The van der Waals surface area contributed by atoms with E-state index in [1.165, 1.54) is 44.5 Å². The number of hydrogen-bond acceptors (Lipinski definition) is 4. The fourth-order valence-corrected chi connectivity index (χ4v) is 10.6. The fraction of sp³-hybridized carbons (Fsp3) is 0.206. The van der Waals surface area contributed by atoms with E-state index < -0.39 is 0 Å². The number of fused-ring (bicyclic) bond motifs is 4. The van der Waals surface area contributed by atoms with Gasteiger partial charge in [0.1, 0.15) is 5.82 Å². The number of nitrogens with zero attached hydrogens (tertiary/aromatic N) is 4. The molecule has 11 rings (SSSR count). The molecule has 74 heavy (non-hydrogen) atoms. The third-order valence-electron chi connectivity index (χ3n) is 15.0. The van der Waals surface area contributed by atoms with E-state index >= 15 is 0 Å². The van der Waals surface area contributed by atoms with E-state index in [2.05, 4.69) is 278 Å². The number of ether oxygens (including phenoxy) is 1. The zero-order valence-corrected chi connectivity index (χ0v) is 46.3. The number of hydrogen-bond donors (Lipinski definition) is 0. The van der Waals surface area contributed by atoms with Crippen LogP contribution in [0.25, 0.3) is 38.8 Å². The Bertz CT molecular complexity index is 3660. The molecule has 2 aromatic heterocycles. The zero-order chi connectivity index (χ0) is 50.9. The summed E-state index contributed by atoms with van der Waals surface area (Å²) in [4.78, 5) is 9.63. The Kier molecular flexibility index (Phi) is 13.1. The van der Waals surface area contributed by atoms with Gasteiger partial charge in [-0.25, -0.2) is 4.98 Å². The average molecular weight is 1150 g/mol. The van der Waals surface area contributed by atoms with Gasteiger partial charge in [-0.3, -0.25) is 0 Å². The maximum Gasteiger partial charge on any atom is 0.135 e. The van der Waals surface area contributed by atoms with Gasteiger partial charge in [0.25, 0.3) is 0 Å². The monoisotopic (exact) mass is 1150 g/mol. The standard InChI is InChI=1S/C68H63N4O.Pt/c1-65(2,3)58-43-62-63(44-59(58)66(4,5)6)71(53-38-47(46-23-14-11-15-24-46)37-51(39-53)68(9,10)49-27-18-13-19-28-49)45-70(62)52-29-22-30-54(41-52)73-55-33-34-57-56-31-20-21-32-60(56)72(61(57)42-55)64-40-50(35-36-69-64)67(7,8)48-25-16-12-17-26-48;/h11-40,43-45H,1-10H3;/q-3;. The quantitative estimate of drug-likeness (QED) is 0.128. The Hall–Kier alpha value is -7.20. The van der Waals surface area contributed by atoms with Crippen molar-refractivity contribution in [3.05, 3.63) is 246 Å². The summed E-state index contributed by atoms with van der Waals surface area (Å²) in [6.07, 6.45) is 1.92. The molecule has 0 unspecified atom stereocenters. The minimum absolute atomic E-state index is 0. The van der Waals surface area contributed by atoms with Crippen LogP contribution in [0.3, 0.4) is 0 Å². The number of aromatic nitrogens is 2. The molecule has 0 amide bonds. The smallest absolute Gasteiger partial charge is 0.135 e. The topological polar surface area (TPSA) is 33.5 Å². The predicted octanol–water partition coefficient (Wildman–Crippen LogP) is 17.9. The van der Waals surface area contributed by atoms with E-state index in [1.807, 2.05) is 18.3 Å². The molecule has 0 aliphatic carbocycles. The van der Waals surface area contributed by atoms with Crippen molar-refractivity contribution < 1.29 is 25.8 Å². The molecule has 8 aromatic carbocycles. The molecule has 10 aromatic rings. The Morgan fingerprint density at radius 1 is 0.459 bits per heavy atom. The molecule has 0 atom stereocenters. The van der Waals surface area contributed by atoms with E-state index in [4.69, 9.17) is 9.72 Å². The molecule has 1 aliphatic heterocycles. The van der Waals surface area contributed by atoms with Crippen molar-refractivity contribution in [2.75, 3.05) is 9.80 Å². The second-order valence-electron chi connectivity index (χ2n) is 22.7. The van der Waals surface area contributed by atoms with Crippen molar-refractivity contribution in [2.45, 2.75) is 90.9 Å². The summed E-state index contributed by atoms with van der Waals surface area (Å²) in [5.41, 5.74) is 15.3. The second kappa shape index (κ2) is 19.3. The van der Waals surface area contributed by atoms with E-state index in [0.717, 1.165) is 50.4 Å². The SMILES string of the molecule is CC(C)(C)c1cc2c(cc1C(C)(C)C)N(c1cc(-c3ccccc3)cc(C(C)(C)c3ccccc3)c1)[CH-]N2c1[c-]c(Oc2[c-]c3c(cc2)c2ccccc2n3-c2cc(C(C)(C)c3ccccc3)ccn2)ccc1.[Pt]. The molecule has 0 N–H and O–H groups in total. The van der Waals surface area contributed by atoms with Crippen LogP contribution in [0.1, 0.15) is 103 Å². The van der Waals surface area contributed by atoms with Gasteiger partial charge >= 0.3 is 0 Å². The summed E-state index contributed by atoms with van der Waals surface area (Å²) < 4.78 is 9.02. The molecule has 0 saturated carbocycles. The predicted molar refractivity (Wildman–Crippen MR) is 304 cm³/mol. The summed E-state index contributed by atoms with van der Waals surface area (Å²) >= 11 is 0. The Morgan fingerprint density at radius 2 is 1.04 bits per heavy atom. The third kappa shape index (κ3) is 9.26. The molecule has 6 heteroatoms. The van der Waals surface area contributed by atoms with Crippen molar-refractivity contribution in [1.82, 2.24) is 9.55 Å². The molecule has 374 valence electrons. The van der Waals surface area contributed by atoms with Gasteiger partial charge in [-0.1, -0.05) is 190 Å². The van der Waals surface area contributed by atoms with Gasteiger partial charge in [0.15, 0.2) is 0 Å². The van der Waals surface area contributed by atoms with Crippen LogP contribution in [0, 0.1) is 18.8 Å². The summed E-state index contributed by atoms with van der Waals surface area (Å²) in [5, 5.41) is 2.21. The summed E-state index contributed by atoms with van der Waals surface area (Å²) in [6.45, 7) is 25.4. The minimum atomic E-state index is -0.274. The Morgan fingerprint density at radius 3 is 1.69 bits per heavy atom. The minimum Gasteiger partial charge on any atom is -0.509 e. The van der Waals surface area contributed by atoms with Gasteiger partial charge in [0, 0.05) is 72.2 Å². The first-order valence-electron chi connectivity index (χ1n) is 25.5. The second-order valence-corrected chi connectivity index (χ2v) is 22.7. The maximum atomic E-state index is 6.81. The van der Waals surface area contributed by atoms with Crippen molar-refractivity contribution in [1.29, 1.82) is 0 Å². The van der Waals surface area contributed by atoms with Crippen LogP contribution >= 0.6 is 0 Å². The number of para-hydroxylation sites is 1.